The maximum atomic E-state index is 10.9. The van der Waals surface area contributed by atoms with Crippen molar-refractivity contribution in [2.45, 2.75) is 33.0 Å². The maximum Gasteiger partial charge on any atom is 0.490 e. The number of carbonyl (C=O) groups excluding carboxylic acids is 1. The van der Waals surface area contributed by atoms with Gasteiger partial charge in [-0.15, -0.1) is 0 Å². The summed E-state index contributed by atoms with van der Waals surface area (Å²) in [6.45, 7) is 6.39. The fourth-order valence-corrected chi connectivity index (χ4v) is 0.595. The summed E-state index contributed by atoms with van der Waals surface area (Å²) in [6.07, 6.45) is -5.08. The highest BCUT2D eigenvalue weighted by atomic mass is 19.4. The molecule has 0 saturated heterocycles. The van der Waals surface area contributed by atoms with Gasteiger partial charge >= 0.3 is 12.1 Å². The number of carbonyl (C=O) groups is 2. The average Bonchev–Trinajstić information content (AvgIpc) is 2.16. The molecule has 0 saturated carbocycles. The molecular formula is C9H17F3N2O3. The normalized spacial score (nSPS) is 12.5. The minimum Gasteiger partial charge on any atom is -0.475 e. The third-order valence-corrected chi connectivity index (χ3v) is 1.61. The van der Waals surface area contributed by atoms with Crippen molar-refractivity contribution in [2.75, 3.05) is 6.54 Å². The maximum absolute atomic E-state index is 10.9. The molecule has 0 aliphatic heterocycles. The number of likely N-dealkylation sites (N-methyl/N-ethyl adjacent to an activating group) is 1. The lowest BCUT2D eigenvalue weighted by Gasteiger charge is -2.13. The van der Waals surface area contributed by atoms with Crippen LogP contribution in [0.4, 0.5) is 13.2 Å². The molecule has 0 aromatic carbocycles. The lowest BCUT2D eigenvalue weighted by molar-refractivity contribution is -0.192. The Kier molecular flexibility index (Phi) is 8.38. The lowest BCUT2D eigenvalue weighted by atomic mass is 10.1. The summed E-state index contributed by atoms with van der Waals surface area (Å²) in [5, 5.41) is 9.79. The van der Waals surface area contributed by atoms with E-state index in [1.807, 2.05) is 20.8 Å². The van der Waals surface area contributed by atoms with Crippen LogP contribution < -0.4 is 11.1 Å². The molecule has 0 aliphatic rings. The largest absolute Gasteiger partial charge is 0.490 e. The van der Waals surface area contributed by atoms with Gasteiger partial charge in [0.2, 0.25) is 5.91 Å². The van der Waals surface area contributed by atoms with Crippen LogP contribution in [0.1, 0.15) is 20.8 Å². The SMILES string of the molecule is CCNC(=O)[C@@H](N)C(C)C.O=C(O)C(F)(F)F. The van der Waals surface area contributed by atoms with Gasteiger partial charge in [0.05, 0.1) is 6.04 Å². The van der Waals surface area contributed by atoms with Gasteiger partial charge in [0.1, 0.15) is 0 Å². The Bertz CT molecular complexity index is 254. The Morgan fingerprint density at radius 3 is 1.88 bits per heavy atom. The summed E-state index contributed by atoms with van der Waals surface area (Å²) in [5.74, 6) is -2.60. The first-order valence-corrected chi connectivity index (χ1v) is 4.87. The fourth-order valence-electron chi connectivity index (χ4n) is 0.595. The summed E-state index contributed by atoms with van der Waals surface area (Å²) >= 11 is 0. The molecule has 0 aromatic heterocycles. The summed E-state index contributed by atoms with van der Waals surface area (Å²) < 4.78 is 31.7. The van der Waals surface area contributed by atoms with Crippen molar-refractivity contribution >= 4 is 11.9 Å². The first-order chi connectivity index (χ1) is 7.53. The molecule has 0 aliphatic carbocycles. The van der Waals surface area contributed by atoms with Crippen LogP contribution in [0.25, 0.3) is 0 Å². The number of carboxylic acid groups (broad SMARTS) is 1. The summed E-state index contributed by atoms with van der Waals surface area (Å²) in [6, 6.07) is -0.361. The molecule has 0 aromatic rings. The van der Waals surface area contributed by atoms with E-state index in [1.54, 1.807) is 0 Å². The third kappa shape index (κ3) is 9.61. The lowest BCUT2D eigenvalue weighted by Crippen LogP contribution is -2.43. The van der Waals surface area contributed by atoms with E-state index in [0.29, 0.717) is 6.54 Å². The van der Waals surface area contributed by atoms with Crippen LogP contribution >= 0.6 is 0 Å². The van der Waals surface area contributed by atoms with Crippen molar-refractivity contribution in [2.24, 2.45) is 11.7 Å². The number of aliphatic carboxylic acids is 1. The van der Waals surface area contributed by atoms with Crippen molar-refractivity contribution in [1.29, 1.82) is 0 Å². The number of nitrogens with one attached hydrogen (secondary N) is 1. The van der Waals surface area contributed by atoms with E-state index in [4.69, 9.17) is 15.6 Å². The Labute approximate surface area is 97.2 Å². The van der Waals surface area contributed by atoms with Crippen LogP contribution in [-0.4, -0.2) is 35.7 Å². The number of hydrogen-bond acceptors (Lipinski definition) is 3. The van der Waals surface area contributed by atoms with E-state index in [9.17, 15) is 18.0 Å². The van der Waals surface area contributed by atoms with E-state index in [1.165, 1.54) is 0 Å². The number of rotatable bonds is 3. The quantitative estimate of drug-likeness (QED) is 0.696. The first-order valence-electron chi connectivity index (χ1n) is 4.87. The molecular weight excluding hydrogens is 241 g/mol. The van der Waals surface area contributed by atoms with Gasteiger partial charge in [-0.05, 0) is 12.8 Å². The predicted octanol–water partition coefficient (Wildman–Crippen LogP) is 0.739. The molecule has 17 heavy (non-hydrogen) atoms. The van der Waals surface area contributed by atoms with Crippen LogP contribution in [0.3, 0.4) is 0 Å². The minimum absolute atomic E-state index is 0.0579. The second kappa shape index (κ2) is 7.88. The zero-order chi connectivity index (χ0) is 14.2. The zero-order valence-electron chi connectivity index (χ0n) is 9.84. The van der Waals surface area contributed by atoms with Crippen LogP contribution in [0.5, 0.6) is 0 Å². The van der Waals surface area contributed by atoms with Gasteiger partial charge in [-0.3, -0.25) is 4.79 Å². The Balaban J connectivity index is 0. The van der Waals surface area contributed by atoms with Crippen LogP contribution in [0, 0.1) is 5.92 Å². The highest BCUT2D eigenvalue weighted by Crippen LogP contribution is 2.13. The molecule has 0 rings (SSSR count). The fraction of sp³-hybridized carbons (Fsp3) is 0.778. The van der Waals surface area contributed by atoms with E-state index >= 15 is 0 Å². The van der Waals surface area contributed by atoms with Crippen LogP contribution in [-0.2, 0) is 9.59 Å². The van der Waals surface area contributed by atoms with Gasteiger partial charge in [0.15, 0.2) is 0 Å². The molecule has 4 N–H and O–H groups in total. The van der Waals surface area contributed by atoms with Crippen molar-refractivity contribution in [3.8, 4) is 0 Å². The van der Waals surface area contributed by atoms with Gasteiger partial charge in [0, 0.05) is 6.54 Å². The molecule has 0 unspecified atom stereocenters. The number of alkyl halides is 3. The second-order valence-corrected chi connectivity index (χ2v) is 3.47. The summed E-state index contributed by atoms with van der Waals surface area (Å²) in [7, 11) is 0. The van der Waals surface area contributed by atoms with E-state index in [-0.39, 0.29) is 17.9 Å². The van der Waals surface area contributed by atoms with E-state index in [2.05, 4.69) is 5.32 Å². The molecule has 0 fully saturated rings. The van der Waals surface area contributed by atoms with Gasteiger partial charge in [-0.1, -0.05) is 13.8 Å². The standard InChI is InChI=1S/C7H16N2O.C2HF3O2/c1-4-9-7(10)6(8)5(2)3;3-2(4,5)1(6)7/h5-6H,4,8H2,1-3H3,(H,9,10);(H,6,7)/t6-;/m0./s1. The van der Waals surface area contributed by atoms with Crippen LogP contribution in [0.15, 0.2) is 0 Å². The predicted molar refractivity (Wildman–Crippen MR) is 55.2 cm³/mol. The van der Waals surface area contributed by atoms with Gasteiger partial charge in [0.25, 0.3) is 0 Å². The summed E-state index contributed by atoms with van der Waals surface area (Å²) in [4.78, 5) is 19.8. The Hall–Kier alpha value is -1.31. The Morgan fingerprint density at radius 1 is 1.35 bits per heavy atom. The summed E-state index contributed by atoms with van der Waals surface area (Å²) in [5.41, 5.74) is 5.53. The molecule has 0 bridgehead atoms. The number of hydrogen-bond donors (Lipinski definition) is 3. The molecule has 0 heterocycles. The zero-order valence-corrected chi connectivity index (χ0v) is 9.84. The highest BCUT2D eigenvalue weighted by Gasteiger charge is 2.38. The van der Waals surface area contributed by atoms with Gasteiger partial charge in [-0.2, -0.15) is 13.2 Å². The van der Waals surface area contributed by atoms with Crippen molar-refractivity contribution in [3.05, 3.63) is 0 Å². The average molecular weight is 258 g/mol. The molecule has 5 nitrogen and oxygen atoms in total. The Morgan fingerprint density at radius 2 is 1.71 bits per heavy atom. The van der Waals surface area contributed by atoms with Crippen molar-refractivity contribution in [3.63, 3.8) is 0 Å². The number of amides is 1. The van der Waals surface area contributed by atoms with E-state index < -0.39 is 12.1 Å². The van der Waals surface area contributed by atoms with Crippen LogP contribution in [0.2, 0.25) is 0 Å². The smallest absolute Gasteiger partial charge is 0.475 e. The van der Waals surface area contributed by atoms with Crippen molar-refractivity contribution in [1.82, 2.24) is 5.32 Å². The topological polar surface area (TPSA) is 92.4 Å². The third-order valence-electron chi connectivity index (χ3n) is 1.61. The molecule has 102 valence electrons. The molecule has 1 atom stereocenters. The number of carboxylic acids is 1. The highest BCUT2D eigenvalue weighted by molar-refractivity contribution is 5.81. The molecule has 0 radical (unpaired) electrons. The first kappa shape index (κ1) is 18.1. The molecule has 8 heteroatoms. The van der Waals surface area contributed by atoms with E-state index in [0.717, 1.165) is 0 Å². The number of halogens is 3. The van der Waals surface area contributed by atoms with Gasteiger partial charge < -0.3 is 16.2 Å². The number of nitrogens with two attached hydrogens (primary N) is 1. The monoisotopic (exact) mass is 258 g/mol. The molecule has 0 spiro atoms. The van der Waals surface area contributed by atoms with Crippen molar-refractivity contribution < 1.29 is 27.9 Å². The minimum atomic E-state index is -5.08. The van der Waals surface area contributed by atoms with Gasteiger partial charge in [-0.25, -0.2) is 4.79 Å². The molecule has 1 amide bonds. The second-order valence-electron chi connectivity index (χ2n) is 3.47.